The molecule has 112 valence electrons. The van der Waals surface area contributed by atoms with E-state index < -0.39 is 0 Å². The second-order valence-corrected chi connectivity index (χ2v) is 4.75. The van der Waals surface area contributed by atoms with Gasteiger partial charge in [-0.2, -0.15) is 0 Å². The molecule has 0 aliphatic carbocycles. The highest BCUT2D eigenvalue weighted by Crippen LogP contribution is 2.22. The Morgan fingerprint density at radius 1 is 1.20 bits per heavy atom. The van der Waals surface area contributed by atoms with Crippen molar-refractivity contribution in [2.45, 2.75) is 40.5 Å². The molecule has 0 unspecified atom stereocenters. The number of carbonyl (C=O) groups excluding carboxylic acids is 1. The number of ether oxygens (including phenoxy) is 1. The second kappa shape index (κ2) is 7.67. The normalized spacial score (nSPS) is 10.5. The molecule has 1 aromatic heterocycles. The lowest BCUT2D eigenvalue weighted by atomic mass is 10.2. The van der Waals surface area contributed by atoms with Gasteiger partial charge < -0.3 is 15.4 Å². The Balaban J connectivity index is 2.95. The molecule has 0 aromatic carbocycles. The number of aromatic nitrogens is 2. The van der Waals surface area contributed by atoms with Crippen LogP contribution in [0, 0.1) is 6.92 Å². The van der Waals surface area contributed by atoms with E-state index in [0.29, 0.717) is 12.4 Å². The van der Waals surface area contributed by atoms with Crippen molar-refractivity contribution in [1.29, 1.82) is 0 Å². The summed E-state index contributed by atoms with van der Waals surface area (Å²) in [4.78, 5) is 20.4. The summed E-state index contributed by atoms with van der Waals surface area (Å²) in [7, 11) is 0. The summed E-state index contributed by atoms with van der Waals surface area (Å²) in [5, 5.41) is 6.24. The molecule has 6 nitrogen and oxygen atoms in total. The van der Waals surface area contributed by atoms with Crippen molar-refractivity contribution in [1.82, 2.24) is 9.97 Å². The molecule has 0 amide bonds. The van der Waals surface area contributed by atoms with Crippen LogP contribution in [0.2, 0.25) is 0 Å². The van der Waals surface area contributed by atoms with Gasteiger partial charge in [0.2, 0.25) is 0 Å². The minimum Gasteiger partial charge on any atom is -0.465 e. The summed E-state index contributed by atoms with van der Waals surface area (Å²) in [6.45, 7) is 11.1. The topological polar surface area (TPSA) is 76.1 Å². The summed E-state index contributed by atoms with van der Waals surface area (Å²) in [6.07, 6.45) is 0. The van der Waals surface area contributed by atoms with Crippen LogP contribution in [0.3, 0.4) is 0 Å². The largest absolute Gasteiger partial charge is 0.465 e. The molecule has 1 heterocycles. The van der Waals surface area contributed by atoms with Gasteiger partial charge in [0, 0.05) is 18.0 Å². The van der Waals surface area contributed by atoms with Crippen molar-refractivity contribution in [3.05, 3.63) is 11.4 Å². The highest BCUT2D eigenvalue weighted by atomic mass is 16.5. The van der Waals surface area contributed by atoms with Crippen LogP contribution in [0.15, 0.2) is 0 Å². The first kappa shape index (κ1) is 16.2. The van der Waals surface area contributed by atoms with E-state index in [-0.39, 0.29) is 18.4 Å². The minimum atomic E-state index is -0.290. The van der Waals surface area contributed by atoms with Crippen molar-refractivity contribution < 1.29 is 9.53 Å². The summed E-state index contributed by atoms with van der Waals surface area (Å²) >= 11 is 0. The van der Waals surface area contributed by atoms with Gasteiger partial charge in [-0.05, 0) is 20.8 Å². The molecule has 0 saturated carbocycles. The van der Waals surface area contributed by atoms with E-state index >= 15 is 0 Å². The van der Waals surface area contributed by atoms with Crippen LogP contribution in [0.25, 0.3) is 0 Å². The predicted octanol–water partition coefficient (Wildman–Crippen LogP) is 2.32. The predicted molar refractivity (Wildman–Crippen MR) is 80.1 cm³/mol. The second-order valence-electron chi connectivity index (χ2n) is 4.75. The van der Waals surface area contributed by atoms with Crippen LogP contribution < -0.4 is 10.6 Å². The first-order chi connectivity index (χ1) is 9.49. The molecule has 0 saturated heterocycles. The number of rotatable bonds is 7. The number of nitrogens with one attached hydrogen (secondary N) is 2. The standard InChI is InChI=1S/C14H24N4O2/c1-6-15-13-10(5)14(16-8-11(19)20-7-2)18-12(17-13)9(3)4/h9H,6-8H2,1-5H3,(H2,15,16,17,18). The van der Waals surface area contributed by atoms with Gasteiger partial charge in [-0.3, -0.25) is 4.79 Å². The van der Waals surface area contributed by atoms with Crippen molar-refractivity contribution in [2.24, 2.45) is 0 Å². The van der Waals surface area contributed by atoms with E-state index in [2.05, 4.69) is 20.6 Å². The van der Waals surface area contributed by atoms with E-state index in [1.165, 1.54) is 0 Å². The first-order valence-electron chi connectivity index (χ1n) is 7.01. The third kappa shape index (κ3) is 4.36. The third-order valence-electron chi connectivity index (χ3n) is 2.73. The maximum absolute atomic E-state index is 11.4. The maximum Gasteiger partial charge on any atom is 0.325 e. The van der Waals surface area contributed by atoms with Crippen molar-refractivity contribution in [2.75, 3.05) is 30.3 Å². The fourth-order valence-corrected chi connectivity index (χ4v) is 1.67. The summed E-state index contributed by atoms with van der Waals surface area (Å²) < 4.78 is 4.90. The summed E-state index contributed by atoms with van der Waals surface area (Å²) in [5.41, 5.74) is 0.903. The molecule has 0 bridgehead atoms. The van der Waals surface area contributed by atoms with Crippen LogP contribution >= 0.6 is 0 Å². The molecule has 0 atom stereocenters. The molecule has 0 aliphatic heterocycles. The Morgan fingerprint density at radius 3 is 2.30 bits per heavy atom. The van der Waals surface area contributed by atoms with Crippen molar-refractivity contribution in [3.63, 3.8) is 0 Å². The van der Waals surface area contributed by atoms with Gasteiger partial charge in [-0.25, -0.2) is 9.97 Å². The minimum absolute atomic E-state index is 0.106. The van der Waals surface area contributed by atoms with Crippen molar-refractivity contribution >= 4 is 17.6 Å². The Bertz CT molecular complexity index is 461. The average molecular weight is 280 g/mol. The van der Waals surface area contributed by atoms with E-state index in [0.717, 1.165) is 23.8 Å². The Kier molecular flexibility index (Phi) is 6.21. The Hall–Kier alpha value is -1.85. The smallest absolute Gasteiger partial charge is 0.325 e. The maximum atomic E-state index is 11.4. The van der Waals surface area contributed by atoms with Crippen LogP contribution in [0.4, 0.5) is 11.6 Å². The summed E-state index contributed by atoms with van der Waals surface area (Å²) in [6, 6.07) is 0. The first-order valence-corrected chi connectivity index (χ1v) is 7.01. The molecule has 20 heavy (non-hydrogen) atoms. The fourth-order valence-electron chi connectivity index (χ4n) is 1.67. The van der Waals surface area contributed by atoms with E-state index in [1.807, 2.05) is 27.7 Å². The lowest BCUT2D eigenvalue weighted by Gasteiger charge is -2.15. The molecule has 0 aliphatic rings. The molecular weight excluding hydrogens is 256 g/mol. The Labute approximate surface area is 120 Å². The van der Waals surface area contributed by atoms with E-state index in [4.69, 9.17) is 4.74 Å². The van der Waals surface area contributed by atoms with Gasteiger partial charge in [0.05, 0.1) is 6.61 Å². The van der Waals surface area contributed by atoms with Gasteiger partial charge in [0.15, 0.2) is 0 Å². The van der Waals surface area contributed by atoms with Gasteiger partial charge >= 0.3 is 5.97 Å². The number of anilines is 2. The lowest BCUT2D eigenvalue weighted by molar-refractivity contribution is -0.140. The van der Waals surface area contributed by atoms with Crippen LogP contribution in [0.5, 0.6) is 0 Å². The zero-order valence-corrected chi connectivity index (χ0v) is 12.9. The monoisotopic (exact) mass is 280 g/mol. The molecule has 1 aromatic rings. The van der Waals surface area contributed by atoms with Crippen LogP contribution in [-0.2, 0) is 9.53 Å². The lowest BCUT2D eigenvalue weighted by Crippen LogP contribution is -2.19. The fraction of sp³-hybridized carbons (Fsp3) is 0.643. The molecule has 6 heteroatoms. The van der Waals surface area contributed by atoms with Crippen LogP contribution in [0.1, 0.15) is 45.0 Å². The third-order valence-corrected chi connectivity index (χ3v) is 2.73. The SMILES string of the molecule is CCNc1nc(C(C)C)nc(NCC(=O)OCC)c1C. The van der Waals surface area contributed by atoms with Gasteiger partial charge in [0.1, 0.15) is 24.0 Å². The quantitative estimate of drug-likeness (QED) is 0.746. The zero-order chi connectivity index (χ0) is 15.1. The van der Waals surface area contributed by atoms with E-state index in [1.54, 1.807) is 6.92 Å². The number of nitrogens with zero attached hydrogens (tertiary/aromatic N) is 2. The van der Waals surface area contributed by atoms with Crippen LogP contribution in [-0.4, -0.2) is 35.6 Å². The molecule has 0 fully saturated rings. The number of hydrogen-bond acceptors (Lipinski definition) is 6. The molecular formula is C14H24N4O2. The van der Waals surface area contributed by atoms with Crippen molar-refractivity contribution in [3.8, 4) is 0 Å². The number of esters is 1. The highest BCUT2D eigenvalue weighted by Gasteiger charge is 2.13. The Morgan fingerprint density at radius 2 is 1.80 bits per heavy atom. The average Bonchev–Trinajstić information content (AvgIpc) is 2.40. The zero-order valence-electron chi connectivity index (χ0n) is 12.9. The molecule has 1 rings (SSSR count). The number of carbonyl (C=O) groups is 1. The van der Waals surface area contributed by atoms with E-state index in [9.17, 15) is 4.79 Å². The highest BCUT2D eigenvalue weighted by molar-refractivity contribution is 5.75. The number of hydrogen-bond donors (Lipinski definition) is 2. The molecule has 0 radical (unpaired) electrons. The molecule has 0 spiro atoms. The van der Waals surface area contributed by atoms with Gasteiger partial charge in [-0.15, -0.1) is 0 Å². The van der Waals surface area contributed by atoms with Gasteiger partial charge in [0.25, 0.3) is 0 Å². The summed E-state index contributed by atoms with van der Waals surface area (Å²) in [5.74, 6) is 2.15. The van der Waals surface area contributed by atoms with Gasteiger partial charge in [-0.1, -0.05) is 13.8 Å². The molecule has 2 N–H and O–H groups in total.